The number of hydrogen-bond donors (Lipinski definition) is 1. The van der Waals surface area contributed by atoms with Gasteiger partial charge in [-0.2, -0.15) is 0 Å². The third-order valence-corrected chi connectivity index (χ3v) is 8.43. The topological polar surface area (TPSA) is 105 Å². The normalized spacial score (nSPS) is 21.9. The SMILES string of the molecule is CCOC(=O)N1CCC(NC(=O)C2C(c3ccccc3)C(C(=O)OC)C(c3ccccc3)N2C(=O)c2ccc(F)cc2)CC1. The van der Waals surface area contributed by atoms with Gasteiger partial charge in [0.05, 0.1) is 25.7 Å². The number of methoxy groups -OCH3 is 1. The van der Waals surface area contributed by atoms with Gasteiger partial charge in [-0.15, -0.1) is 0 Å². The van der Waals surface area contributed by atoms with Crippen LogP contribution in [0.4, 0.5) is 9.18 Å². The molecule has 1 N–H and O–H groups in total. The van der Waals surface area contributed by atoms with E-state index in [1.54, 1.807) is 11.8 Å². The van der Waals surface area contributed by atoms with Crippen molar-refractivity contribution in [2.75, 3.05) is 26.8 Å². The van der Waals surface area contributed by atoms with Crippen molar-refractivity contribution in [2.24, 2.45) is 5.92 Å². The van der Waals surface area contributed by atoms with Crippen molar-refractivity contribution in [3.05, 3.63) is 107 Å². The van der Waals surface area contributed by atoms with Crippen LogP contribution in [0, 0.1) is 11.7 Å². The molecule has 2 fully saturated rings. The molecular formula is C34H36FN3O6. The number of nitrogens with one attached hydrogen (secondary N) is 1. The van der Waals surface area contributed by atoms with Crippen molar-refractivity contribution in [3.63, 3.8) is 0 Å². The van der Waals surface area contributed by atoms with Gasteiger partial charge in [-0.05, 0) is 55.2 Å². The molecular weight excluding hydrogens is 565 g/mol. The fourth-order valence-electron chi connectivity index (χ4n) is 6.40. The summed E-state index contributed by atoms with van der Waals surface area (Å²) < 4.78 is 24.3. The zero-order valence-electron chi connectivity index (χ0n) is 24.7. The second kappa shape index (κ2) is 13.7. The van der Waals surface area contributed by atoms with E-state index >= 15 is 0 Å². The fourth-order valence-corrected chi connectivity index (χ4v) is 6.40. The molecule has 4 unspecified atom stereocenters. The Morgan fingerprint density at radius 3 is 2.02 bits per heavy atom. The summed E-state index contributed by atoms with van der Waals surface area (Å²) in [6, 6.07) is 21.2. The summed E-state index contributed by atoms with van der Waals surface area (Å²) in [7, 11) is 1.29. The van der Waals surface area contributed by atoms with Crippen LogP contribution in [0.1, 0.15) is 53.2 Å². The lowest BCUT2D eigenvalue weighted by atomic mass is 9.79. The van der Waals surface area contributed by atoms with E-state index in [-0.39, 0.29) is 24.3 Å². The highest BCUT2D eigenvalue weighted by atomic mass is 19.1. The Morgan fingerprint density at radius 1 is 0.864 bits per heavy atom. The predicted octanol–water partition coefficient (Wildman–Crippen LogP) is 4.70. The number of carbonyl (C=O) groups excluding carboxylic acids is 4. The standard InChI is InChI=1S/C34H36FN3O6/c1-3-44-34(42)37-20-18-26(19-21-37)36-31(39)30-27(22-10-6-4-7-11-22)28(33(41)43-2)29(23-12-8-5-9-13-23)38(30)32(40)24-14-16-25(35)17-15-24/h4-17,26-30H,3,18-21H2,1-2H3,(H,36,39). The number of ether oxygens (including phenoxy) is 2. The van der Waals surface area contributed by atoms with Gasteiger partial charge in [0.15, 0.2) is 0 Å². The van der Waals surface area contributed by atoms with Crippen molar-refractivity contribution < 1.29 is 33.0 Å². The number of piperidine rings is 1. The maximum Gasteiger partial charge on any atom is 0.409 e. The van der Waals surface area contributed by atoms with Crippen LogP contribution in [-0.4, -0.2) is 72.6 Å². The summed E-state index contributed by atoms with van der Waals surface area (Å²) in [4.78, 5) is 57.7. The molecule has 0 saturated carbocycles. The molecule has 0 spiro atoms. The minimum Gasteiger partial charge on any atom is -0.469 e. The largest absolute Gasteiger partial charge is 0.469 e. The van der Waals surface area contributed by atoms with Crippen molar-refractivity contribution in [1.29, 1.82) is 0 Å². The molecule has 230 valence electrons. The number of carbonyl (C=O) groups is 4. The molecule has 0 aliphatic carbocycles. The number of rotatable bonds is 7. The molecule has 5 rings (SSSR count). The monoisotopic (exact) mass is 601 g/mol. The molecule has 0 aromatic heterocycles. The van der Waals surface area contributed by atoms with E-state index in [0.717, 1.165) is 0 Å². The van der Waals surface area contributed by atoms with Crippen LogP contribution < -0.4 is 5.32 Å². The Hall–Kier alpha value is -4.73. The summed E-state index contributed by atoms with van der Waals surface area (Å²) in [5, 5.41) is 3.12. The third kappa shape index (κ3) is 6.29. The molecule has 2 aliphatic rings. The Bertz CT molecular complexity index is 1460. The second-order valence-electron chi connectivity index (χ2n) is 11.0. The van der Waals surface area contributed by atoms with Crippen LogP contribution in [0.25, 0.3) is 0 Å². The quantitative estimate of drug-likeness (QED) is 0.394. The van der Waals surface area contributed by atoms with Crippen LogP contribution in [0.15, 0.2) is 84.9 Å². The lowest BCUT2D eigenvalue weighted by Gasteiger charge is -2.35. The molecule has 44 heavy (non-hydrogen) atoms. The molecule has 3 amide bonds. The lowest BCUT2D eigenvalue weighted by molar-refractivity contribution is -0.146. The van der Waals surface area contributed by atoms with Crippen LogP contribution in [0.2, 0.25) is 0 Å². The summed E-state index contributed by atoms with van der Waals surface area (Å²) in [5.74, 6) is -3.66. The van der Waals surface area contributed by atoms with Crippen molar-refractivity contribution in [1.82, 2.24) is 15.1 Å². The fraction of sp³-hybridized carbons (Fsp3) is 0.353. The van der Waals surface area contributed by atoms with Gasteiger partial charge in [-0.3, -0.25) is 14.4 Å². The maximum absolute atomic E-state index is 14.4. The highest BCUT2D eigenvalue weighted by Gasteiger charge is 2.58. The van der Waals surface area contributed by atoms with Gasteiger partial charge in [0, 0.05) is 30.6 Å². The number of amides is 3. The highest BCUT2D eigenvalue weighted by molar-refractivity contribution is 6.00. The first-order valence-corrected chi connectivity index (χ1v) is 14.8. The molecule has 2 aliphatic heterocycles. The summed E-state index contributed by atoms with van der Waals surface area (Å²) in [6.07, 6.45) is 0.614. The number of hydrogen-bond acceptors (Lipinski definition) is 6. The van der Waals surface area contributed by atoms with Gasteiger partial charge < -0.3 is 24.6 Å². The first-order valence-electron chi connectivity index (χ1n) is 14.8. The summed E-state index contributed by atoms with van der Waals surface area (Å²) >= 11 is 0. The van der Waals surface area contributed by atoms with Crippen molar-refractivity contribution >= 4 is 23.9 Å². The summed E-state index contributed by atoms with van der Waals surface area (Å²) in [6.45, 7) is 2.84. The predicted molar refractivity (Wildman–Crippen MR) is 160 cm³/mol. The first kappa shape index (κ1) is 30.7. The Labute approximate surface area is 255 Å². The van der Waals surface area contributed by atoms with E-state index in [0.29, 0.717) is 37.1 Å². The summed E-state index contributed by atoms with van der Waals surface area (Å²) in [5.41, 5.74) is 1.55. The van der Waals surface area contributed by atoms with E-state index < -0.39 is 47.5 Å². The maximum atomic E-state index is 14.4. The molecule has 0 bridgehead atoms. The average molecular weight is 602 g/mol. The van der Waals surface area contributed by atoms with E-state index in [9.17, 15) is 23.6 Å². The van der Waals surface area contributed by atoms with Crippen LogP contribution in [0.5, 0.6) is 0 Å². The Kier molecular flexibility index (Phi) is 9.57. The minimum atomic E-state index is -1.10. The van der Waals surface area contributed by atoms with E-state index in [4.69, 9.17) is 9.47 Å². The Morgan fingerprint density at radius 2 is 1.45 bits per heavy atom. The van der Waals surface area contributed by atoms with E-state index in [1.165, 1.54) is 36.3 Å². The van der Waals surface area contributed by atoms with Gasteiger partial charge in [0.25, 0.3) is 5.91 Å². The molecule has 10 heteroatoms. The number of esters is 1. The van der Waals surface area contributed by atoms with Gasteiger partial charge in [-0.25, -0.2) is 9.18 Å². The number of halogens is 1. The molecule has 3 aromatic rings. The number of nitrogens with zero attached hydrogens (tertiary/aromatic N) is 2. The molecule has 0 radical (unpaired) electrons. The second-order valence-corrected chi connectivity index (χ2v) is 11.0. The van der Waals surface area contributed by atoms with Crippen LogP contribution >= 0.6 is 0 Å². The molecule has 3 aromatic carbocycles. The van der Waals surface area contributed by atoms with Crippen molar-refractivity contribution in [2.45, 2.75) is 43.8 Å². The smallest absolute Gasteiger partial charge is 0.409 e. The van der Waals surface area contributed by atoms with Gasteiger partial charge in [0.2, 0.25) is 5.91 Å². The van der Waals surface area contributed by atoms with Gasteiger partial charge >= 0.3 is 12.1 Å². The average Bonchev–Trinajstić information content (AvgIpc) is 3.42. The molecule has 9 nitrogen and oxygen atoms in total. The van der Waals surface area contributed by atoms with E-state index in [2.05, 4.69) is 5.32 Å². The van der Waals surface area contributed by atoms with Gasteiger partial charge in [-0.1, -0.05) is 60.7 Å². The van der Waals surface area contributed by atoms with Gasteiger partial charge in [0.1, 0.15) is 11.9 Å². The van der Waals surface area contributed by atoms with Crippen molar-refractivity contribution in [3.8, 4) is 0 Å². The van der Waals surface area contributed by atoms with Crippen LogP contribution in [-0.2, 0) is 19.1 Å². The molecule has 2 saturated heterocycles. The van der Waals surface area contributed by atoms with Crippen LogP contribution in [0.3, 0.4) is 0 Å². The van der Waals surface area contributed by atoms with E-state index in [1.807, 2.05) is 60.7 Å². The zero-order chi connectivity index (χ0) is 31.2. The highest BCUT2D eigenvalue weighted by Crippen LogP contribution is 2.51. The zero-order valence-corrected chi connectivity index (χ0v) is 24.7. The number of likely N-dealkylation sites (tertiary alicyclic amines) is 2. The third-order valence-electron chi connectivity index (χ3n) is 8.43. The first-order chi connectivity index (χ1) is 21.3. The molecule has 2 heterocycles. The lowest BCUT2D eigenvalue weighted by Crippen LogP contribution is -2.53. The molecule has 4 atom stereocenters. The number of benzene rings is 3. The minimum absolute atomic E-state index is 0.185. The Balaban J connectivity index is 1.58.